The average Bonchev–Trinajstić information content (AvgIpc) is 3.28. The highest BCUT2D eigenvalue weighted by molar-refractivity contribution is 6.20. The third kappa shape index (κ3) is 5.42. The van der Waals surface area contributed by atoms with Crippen molar-refractivity contribution in [2.75, 3.05) is 0 Å². The number of fused-ring (bicyclic) bond motifs is 6. The summed E-state index contributed by atoms with van der Waals surface area (Å²) in [6.45, 7) is 0. The summed E-state index contributed by atoms with van der Waals surface area (Å²) in [5.41, 5.74) is 9.81. The van der Waals surface area contributed by atoms with Gasteiger partial charge in [0.1, 0.15) is 0 Å². The molecule has 11 rings (SSSR count). The number of hydrogen-bond donors (Lipinski definition) is 0. The van der Waals surface area contributed by atoms with Crippen LogP contribution in [0.1, 0.15) is 0 Å². The minimum atomic E-state index is 0.708. The zero-order valence-corrected chi connectivity index (χ0v) is 30.5. The molecular formula is C54H34N2. The molecule has 0 saturated heterocycles. The highest BCUT2D eigenvalue weighted by Gasteiger charge is 2.16. The molecule has 0 aliphatic carbocycles. The fourth-order valence-electron chi connectivity index (χ4n) is 8.53. The van der Waals surface area contributed by atoms with Gasteiger partial charge in [-0.15, -0.1) is 0 Å². The lowest BCUT2D eigenvalue weighted by Crippen LogP contribution is -1.97. The van der Waals surface area contributed by atoms with Crippen LogP contribution in [0.25, 0.3) is 110 Å². The quantitative estimate of drug-likeness (QED) is 0.131. The van der Waals surface area contributed by atoms with Crippen molar-refractivity contribution in [3.8, 4) is 56.2 Å². The van der Waals surface area contributed by atoms with Gasteiger partial charge in [0.2, 0.25) is 0 Å². The summed E-state index contributed by atoms with van der Waals surface area (Å²) in [4.78, 5) is 10.4. The number of aromatic nitrogens is 2. The Morgan fingerprint density at radius 3 is 1.57 bits per heavy atom. The van der Waals surface area contributed by atoms with Crippen molar-refractivity contribution in [2.24, 2.45) is 0 Å². The van der Waals surface area contributed by atoms with Gasteiger partial charge < -0.3 is 0 Å². The SMILES string of the molecule is c1ccc(-c2nc(-c3ccc4cc(-c5c6ccccc6cc6c5ccc5ccccc56)ccc4c3)cc(-c3ccc(-c4ccccc4)c4ccccc34)n2)cc1. The minimum Gasteiger partial charge on any atom is -0.228 e. The molecule has 0 fully saturated rings. The molecule has 0 atom stereocenters. The Kier molecular flexibility index (Phi) is 7.53. The lowest BCUT2D eigenvalue weighted by molar-refractivity contribution is 1.19. The Balaban J connectivity index is 1.06. The third-order valence-corrected chi connectivity index (χ3v) is 11.2. The van der Waals surface area contributed by atoms with Gasteiger partial charge in [-0.1, -0.05) is 182 Å². The molecule has 11 aromatic rings. The largest absolute Gasteiger partial charge is 0.228 e. The predicted octanol–water partition coefficient (Wildman–Crippen LogP) is 14.6. The van der Waals surface area contributed by atoms with E-state index >= 15 is 0 Å². The first-order chi connectivity index (χ1) is 27.7. The zero-order chi connectivity index (χ0) is 37.0. The van der Waals surface area contributed by atoms with Gasteiger partial charge in [0.25, 0.3) is 0 Å². The van der Waals surface area contributed by atoms with Crippen LogP contribution in [-0.2, 0) is 0 Å². The van der Waals surface area contributed by atoms with Gasteiger partial charge >= 0.3 is 0 Å². The van der Waals surface area contributed by atoms with Crippen molar-refractivity contribution in [3.63, 3.8) is 0 Å². The standard InChI is InChI=1S/C54H34N2/c1-3-13-35(14-4-1)44-29-30-48(47-22-12-11-21-46(44)47)52-34-51(55-54(56-52)37-16-5-2-6-17-37)41-25-23-39-32-42(26-24-38(39)31-41)53-45-20-10-8-18-40(45)33-50-43-19-9-7-15-36(43)27-28-49(50)53/h1-34H. The first kappa shape index (κ1) is 32.0. The topological polar surface area (TPSA) is 25.8 Å². The lowest BCUT2D eigenvalue weighted by atomic mass is 9.89. The summed E-state index contributed by atoms with van der Waals surface area (Å²) >= 11 is 0. The predicted molar refractivity (Wildman–Crippen MR) is 237 cm³/mol. The van der Waals surface area contributed by atoms with E-state index in [2.05, 4.69) is 188 Å². The fraction of sp³-hybridized carbons (Fsp3) is 0. The molecule has 0 bridgehead atoms. The zero-order valence-electron chi connectivity index (χ0n) is 30.5. The van der Waals surface area contributed by atoms with Crippen molar-refractivity contribution in [1.29, 1.82) is 0 Å². The minimum absolute atomic E-state index is 0.708. The molecule has 0 amide bonds. The van der Waals surface area contributed by atoms with Gasteiger partial charge in [0, 0.05) is 16.7 Å². The van der Waals surface area contributed by atoms with Crippen molar-refractivity contribution in [1.82, 2.24) is 9.97 Å². The van der Waals surface area contributed by atoms with E-state index in [0.717, 1.165) is 33.5 Å². The second-order valence-corrected chi connectivity index (χ2v) is 14.5. The van der Waals surface area contributed by atoms with E-state index in [1.54, 1.807) is 0 Å². The highest BCUT2D eigenvalue weighted by atomic mass is 14.9. The van der Waals surface area contributed by atoms with Crippen LogP contribution in [0.5, 0.6) is 0 Å². The van der Waals surface area contributed by atoms with Crippen molar-refractivity contribution in [2.45, 2.75) is 0 Å². The van der Waals surface area contributed by atoms with E-state index in [0.29, 0.717) is 5.82 Å². The Hall–Kier alpha value is -7.42. The Labute approximate surface area is 325 Å². The second kappa shape index (κ2) is 13.2. The summed E-state index contributed by atoms with van der Waals surface area (Å²) in [6, 6.07) is 74.1. The van der Waals surface area contributed by atoms with Crippen molar-refractivity contribution in [3.05, 3.63) is 206 Å². The summed E-state index contributed by atoms with van der Waals surface area (Å²) in [5.74, 6) is 0.708. The molecule has 56 heavy (non-hydrogen) atoms. The Bertz CT molecular complexity index is 3290. The number of rotatable bonds is 5. The summed E-state index contributed by atoms with van der Waals surface area (Å²) in [7, 11) is 0. The molecule has 260 valence electrons. The van der Waals surface area contributed by atoms with Gasteiger partial charge in [-0.05, 0) is 100 Å². The van der Waals surface area contributed by atoms with Crippen LogP contribution in [0, 0.1) is 0 Å². The molecule has 2 heteroatoms. The first-order valence-corrected chi connectivity index (χ1v) is 19.1. The summed E-state index contributed by atoms with van der Waals surface area (Å²) in [6.07, 6.45) is 0. The maximum absolute atomic E-state index is 5.22. The lowest BCUT2D eigenvalue weighted by Gasteiger charge is -2.15. The van der Waals surface area contributed by atoms with E-state index in [4.69, 9.17) is 9.97 Å². The van der Waals surface area contributed by atoms with Crippen LogP contribution in [-0.4, -0.2) is 9.97 Å². The molecule has 10 aromatic carbocycles. The van der Waals surface area contributed by atoms with Crippen molar-refractivity contribution >= 4 is 53.9 Å². The van der Waals surface area contributed by atoms with Crippen LogP contribution >= 0.6 is 0 Å². The Morgan fingerprint density at radius 1 is 0.250 bits per heavy atom. The van der Waals surface area contributed by atoms with E-state index in [-0.39, 0.29) is 0 Å². The molecule has 0 saturated carbocycles. The fourth-order valence-corrected chi connectivity index (χ4v) is 8.53. The summed E-state index contributed by atoms with van der Waals surface area (Å²) < 4.78 is 0. The molecule has 2 nitrogen and oxygen atoms in total. The molecule has 1 heterocycles. The van der Waals surface area contributed by atoms with E-state index in [1.165, 1.54) is 70.7 Å². The van der Waals surface area contributed by atoms with Gasteiger partial charge in [-0.3, -0.25) is 0 Å². The van der Waals surface area contributed by atoms with E-state index in [1.807, 2.05) is 18.2 Å². The number of hydrogen-bond acceptors (Lipinski definition) is 2. The van der Waals surface area contributed by atoms with Crippen LogP contribution in [0.4, 0.5) is 0 Å². The third-order valence-electron chi connectivity index (χ3n) is 11.2. The molecule has 0 aliphatic rings. The maximum Gasteiger partial charge on any atom is 0.160 e. The van der Waals surface area contributed by atoms with Crippen molar-refractivity contribution < 1.29 is 0 Å². The average molecular weight is 711 g/mol. The van der Waals surface area contributed by atoms with Crippen LogP contribution in [0.15, 0.2) is 206 Å². The van der Waals surface area contributed by atoms with Gasteiger partial charge in [0.05, 0.1) is 11.4 Å². The molecule has 0 spiro atoms. The normalized spacial score (nSPS) is 11.6. The number of benzene rings is 10. The second-order valence-electron chi connectivity index (χ2n) is 14.5. The molecule has 0 unspecified atom stereocenters. The van der Waals surface area contributed by atoms with Gasteiger partial charge in [0.15, 0.2) is 5.82 Å². The van der Waals surface area contributed by atoms with E-state index in [9.17, 15) is 0 Å². The highest BCUT2D eigenvalue weighted by Crippen LogP contribution is 2.41. The molecule has 1 aromatic heterocycles. The smallest absolute Gasteiger partial charge is 0.160 e. The summed E-state index contributed by atoms with van der Waals surface area (Å²) in [5, 5.41) is 12.3. The van der Waals surface area contributed by atoms with Gasteiger partial charge in [-0.2, -0.15) is 0 Å². The van der Waals surface area contributed by atoms with Crippen LogP contribution < -0.4 is 0 Å². The van der Waals surface area contributed by atoms with Gasteiger partial charge in [-0.25, -0.2) is 9.97 Å². The molecule has 0 radical (unpaired) electrons. The van der Waals surface area contributed by atoms with E-state index < -0.39 is 0 Å². The monoisotopic (exact) mass is 710 g/mol. The van der Waals surface area contributed by atoms with Crippen LogP contribution in [0.2, 0.25) is 0 Å². The molecular weight excluding hydrogens is 677 g/mol. The molecule has 0 aliphatic heterocycles. The number of nitrogens with zero attached hydrogens (tertiary/aromatic N) is 2. The first-order valence-electron chi connectivity index (χ1n) is 19.1. The molecule has 0 N–H and O–H groups in total. The maximum atomic E-state index is 5.22. The van der Waals surface area contributed by atoms with Crippen LogP contribution in [0.3, 0.4) is 0 Å². The Morgan fingerprint density at radius 2 is 0.804 bits per heavy atom.